The molecule has 2 aliphatic rings. The van der Waals surface area contributed by atoms with E-state index in [2.05, 4.69) is 4.90 Å². The Hall–Kier alpha value is -1.07. The van der Waals surface area contributed by atoms with Crippen molar-refractivity contribution in [2.45, 2.75) is 25.5 Å². The minimum absolute atomic E-state index is 0.0555. The highest BCUT2D eigenvalue weighted by atomic mass is 32.2. The molecule has 0 bridgehead atoms. The normalized spacial score (nSPS) is 25.4. The van der Waals surface area contributed by atoms with Crippen molar-refractivity contribution < 1.29 is 13.5 Å². The smallest absolute Gasteiger partial charge is 0.152 e. The molecule has 0 spiro atoms. The summed E-state index contributed by atoms with van der Waals surface area (Å²) in [5.74, 6) is 0.582. The van der Waals surface area contributed by atoms with E-state index in [1.807, 2.05) is 18.2 Å². The van der Waals surface area contributed by atoms with Gasteiger partial charge in [-0.1, -0.05) is 12.1 Å². The number of nitrogens with zero attached hydrogens (tertiary/aromatic N) is 1. The van der Waals surface area contributed by atoms with Crippen LogP contribution in [-0.4, -0.2) is 37.6 Å². The van der Waals surface area contributed by atoms with E-state index in [1.165, 1.54) is 5.56 Å². The van der Waals surface area contributed by atoms with Crippen molar-refractivity contribution in [3.05, 3.63) is 29.3 Å². The van der Waals surface area contributed by atoms with Crippen LogP contribution >= 0.6 is 0 Å². The van der Waals surface area contributed by atoms with Crippen LogP contribution in [0.5, 0.6) is 0 Å². The predicted octanol–water partition coefficient (Wildman–Crippen LogP) is 0.728. The van der Waals surface area contributed by atoms with Crippen LogP contribution in [-0.2, 0) is 22.9 Å². The Kier molecular flexibility index (Phi) is 2.83. The minimum Gasteiger partial charge on any atom is -0.392 e. The van der Waals surface area contributed by atoms with Gasteiger partial charge in [-0.15, -0.1) is 0 Å². The first-order chi connectivity index (χ1) is 8.61. The fraction of sp³-hybridized carbons (Fsp3) is 0.538. The average molecular weight is 267 g/mol. The average Bonchev–Trinajstić information content (AvgIpc) is 2.91. The Bertz CT molecular complexity index is 568. The fourth-order valence-corrected chi connectivity index (χ4v) is 4.81. The molecule has 2 heterocycles. The molecule has 18 heavy (non-hydrogen) atoms. The van der Waals surface area contributed by atoms with Gasteiger partial charge in [-0.3, -0.25) is 0 Å². The molecule has 0 amide bonds. The number of anilines is 1. The summed E-state index contributed by atoms with van der Waals surface area (Å²) in [6.07, 6.45) is 1.63. The summed E-state index contributed by atoms with van der Waals surface area (Å²) in [4.78, 5) is 2.21. The molecule has 1 aromatic rings. The summed E-state index contributed by atoms with van der Waals surface area (Å²) in [6, 6.07) is 6.02. The van der Waals surface area contributed by atoms with E-state index in [0.29, 0.717) is 5.75 Å². The maximum Gasteiger partial charge on any atom is 0.152 e. The number of aliphatic hydroxyl groups is 1. The van der Waals surface area contributed by atoms with Gasteiger partial charge in [0.25, 0.3) is 0 Å². The van der Waals surface area contributed by atoms with Crippen LogP contribution in [0.25, 0.3) is 0 Å². The standard InChI is InChI=1S/C13H17NO3S/c15-8-10-2-1-3-13-12(10)4-6-14(13)11-5-7-18(16,17)9-11/h1-3,11,15H,4-9H2. The zero-order chi connectivity index (χ0) is 12.8. The Balaban J connectivity index is 1.92. The van der Waals surface area contributed by atoms with Crippen molar-refractivity contribution >= 4 is 15.5 Å². The van der Waals surface area contributed by atoms with E-state index in [1.54, 1.807) is 0 Å². The summed E-state index contributed by atoms with van der Waals surface area (Å²) >= 11 is 0. The quantitative estimate of drug-likeness (QED) is 0.858. The lowest BCUT2D eigenvalue weighted by Gasteiger charge is -2.26. The van der Waals surface area contributed by atoms with Gasteiger partial charge in [0.1, 0.15) is 0 Å². The molecule has 0 aromatic heterocycles. The molecule has 0 saturated carbocycles. The van der Waals surface area contributed by atoms with E-state index < -0.39 is 9.84 Å². The maximum absolute atomic E-state index is 11.6. The molecule has 98 valence electrons. The van der Waals surface area contributed by atoms with Crippen LogP contribution in [0.15, 0.2) is 18.2 Å². The number of benzene rings is 1. The Labute approximate surface area is 107 Å². The molecule has 2 aliphatic heterocycles. The molecule has 1 saturated heterocycles. The number of sulfone groups is 1. The van der Waals surface area contributed by atoms with Crippen molar-refractivity contribution in [1.29, 1.82) is 0 Å². The van der Waals surface area contributed by atoms with Gasteiger partial charge in [0.05, 0.1) is 18.1 Å². The van der Waals surface area contributed by atoms with E-state index >= 15 is 0 Å². The van der Waals surface area contributed by atoms with E-state index in [0.717, 1.165) is 30.6 Å². The Morgan fingerprint density at radius 1 is 1.39 bits per heavy atom. The van der Waals surface area contributed by atoms with Gasteiger partial charge in [0.2, 0.25) is 0 Å². The van der Waals surface area contributed by atoms with Gasteiger partial charge in [-0.05, 0) is 30.0 Å². The molecule has 1 N–H and O–H groups in total. The maximum atomic E-state index is 11.6. The number of aliphatic hydroxyl groups excluding tert-OH is 1. The first kappa shape index (κ1) is 12.0. The van der Waals surface area contributed by atoms with Crippen LogP contribution < -0.4 is 4.90 Å². The number of hydrogen-bond donors (Lipinski definition) is 1. The lowest BCUT2D eigenvalue weighted by Crippen LogP contribution is -2.34. The topological polar surface area (TPSA) is 57.6 Å². The number of fused-ring (bicyclic) bond motifs is 1. The monoisotopic (exact) mass is 267 g/mol. The first-order valence-corrected chi connectivity index (χ1v) is 8.11. The third-order valence-corrected chi connectivity index (χ3v) is 5.73. The van der Waals surface area contributed by atoms with Crippen LogP contribution in [0, 0.1) is 0 Å². The second kappa shape index (κ2) is 4.24. The van der Waals surface area contributed by atoms with Gasteiger partial charge in [0, 0.05) is 18.3 Å². The Morgan fingerprint density at radius 2 is 2.22 bits per heavy atom. The van der Waals surface area contributed by atoms with Gasteiger partial charge in [-0.25, -0.2) is 8.42 Å². The van der Waals surface area contributed by atoms with Crippen LogP contribution in [0.1, 0.15) is 17.5 Å². The van der Waals surface area contributed by atoms with Crippen LogP contribution in [0.2, 0.25) is 0 Å². The molecule has 1 atom stereocenters. The number of hydrogen-bond acceptors (Lipinski definition) is 4. The van der Waals surface area contributed by atoms with Crippen molar-refractivity contribution in [2.24, 2.45) is 0 Å². The highest BCUT2D eigenvalue weighted by Gasteiger charge is 2.35. The second-order valence-electron chi connectivity index (χ2n) is 5.07. The SMILES string of the molecule is O=S1(=O)CCC(N2CCc3c(CO)cccc32)C1. The van der Waals surface area contributed by atoms with Gasteiger partial charge < -0.3 is 10.0 Å². The van der Waals surface area contributed by atoms with Crippen molar-refractivity contribution in [2.75, 3.05) is 23.0 Å². The van der Waals surface area contributed by atoms with E-state index in [9.17, 15) is 13.5 Å². The zero-order valence-electron chi connectivity index (χ0n) is 10.2. The lowest BCUT2D eigenvalue weighted by molar-refractivity contribution is 0.281. The van der Waals surface area contributed by atoms with Crippen molar-refractivity contribution in [1.82, 2.24) is 0 Å². The highest BCUT2D eigenvalue weighted by Crippen LogP contribution is 2.34. The van der Waals surface area contributed by atoms with Crippen LogP contribution in [0.3, 0.4) is 0 Å². The van der Waals surface area contributed by atoms with Gasteiger partial charge in [-0.2, -0.15) is 0 Å². The molecule has 1 aromatic carbocycles. The molecular weight excluding hydrogens is 250 g/mol. The number of rotatable bonds is 2. The predicted molar refractivity (Wildman–Crippen MR) is 70.5 cm³/mol. The zero-order valence-corrected chi connectivity index (χ0v) is 11.0. The van der Waals surface area contributed by atoms with Gasteiger partial charge in [0.15, 0.2) is 9.84 Å². The summed E-state index contributed by atoms with van der Waals surface area (Å²) in [5.41, 5.74) is 3.27. The third-order valence-electron chi connectivity index (χ3n) is 3.98. The van der Waals surface area contributed by atoms with Crippen molar-refractivity contribution in [3.63, 3.8) is 0 Å². The van der Waals surface area contributed by atoms with E-state index in [4.69, 9.17) is 0 Å². The van der Waals surface area contributed by atoms with E-state index in [-0.39, 0.29) is 18.4 Å². The molecule has 5 heteroatoms. The summed E-state index contributed by atoms with van der Waals surface area (Å²) < 4.78 is 23.1. The summed E-state index contributed by atoms with van der Waals surface area (Å²) in [7, 11) is -2.84. The molecular formula is C13H17NO3S. The molecule has 1 fully saturated rings. The summed E-state index contributed by atoms with van der Waals surface area (Å²) in [6.45, 7) is 0.923. The Morgan fingerprint density at radius 3 is 2.89 bits per heavy atom. The fourth-order valence-electron chi connectivity index (χ4n) is 3.08. The second-order valence-corrected chi connectivity index (χ2v) is 7.30. The van der Waals surface area contributed by atoms with Gasteiger partial charge >= 0.3 is 0 Å². The first-order valence-electron chi connectivity index (χ1n) is 6.29. The third kappa shape index (κ3) is 1.91. The minimum atomic E-state index is -2.84. The highest BCUT2D eigenvalue weighted by molar-refractivity contribution is 7.91. The molecule has 1 unspecified atom stereocenters. The molecule has 3 rings (SSSR count). The molecule has 0 aliphatic carbocycles. The largest absolute Gasteiger partial charge is 0.392 e. The molecule has 0 radical (unpaired) electrons. The molecule has 4 nitrogen and oxygen atoms in total. The summed E-state index contributed by atoms with van der Waals surface area (Å²) in [5, 5.41) is 9.32. The van der Waals surface area contributed by atoms with Crippen LogP contribution in [0.4, 0.5) is 5.69 Å². The van der Waals surface area contributed by atoms with Crippen molar-refractivity contribution in [3.8, 4) is 0 Å². The lowest BCUT2D eigenvalue weighted by atomic mass is 10.1.